The molecule has 0 spiro atoms. The highest BCUT2D eigenvalue weighted by atomic mass is 16.2. The molecule has 7 heteroatoms. The smallest absolute Gasteiger partial charge is 0.224 e. The molecule has 0 aromatic carbocycles. The SMILES string of the molecule is CCNC(=NCCC(=O)N1CCCCC1C)N1CCC(CC(=O)NC)CC1. The molecule has 2 fully saturated rings. The molecule has 2 N–H and O–H groups in total. The van der Waals surface area contributed by atoms with Crippen LogP contribution in [-0.2, 0) is 9.59 Å². The second kappa shape index (κ2) is 11.1. The van der Waals surface area contributed by atoms with Crippen LogP contribution in [0.1, 0.15) is 58.8 Å². The van der Waals surface area contributed by atoms with Gasteiger partial charge in [-0.25, -0.2) is 0 Å². The molecule has 0 aliphatic carbocycles. The van der Waals surface area contributed by atoms with Crippen LogP contribution in [0.5, 0.6) is 0 Å². The molecule has 2 aliphatic heterocycles. The summed E-state index contributed by atoms with van der Waals surface area (Å²) in [6.45, 7) is 8.26. The summed E-state index contributed by atoms with van der Waals surface area (Å²) in [5.41, 5.74) is 0. The van der Waals surface area contributed by atoms with Crippen molar-refractivity contribution in [2.45, 2.75) is 64.8 Å². The molecule has 2 aliphatic rings. The van der Waals surface area contributed by atoms with E-state index in [2.05, 4.69) is 29.4 Å². The van der Waals surface area contributed by atoms with E-state index in [4.69, 9.17) is 4.99 Å². The van der Waals surface area contributed by atoms with Crippen molar-refractivity contribution in [3.63, 3.8) is 0 Å². The van der Waals surface area contributed by atoms with E-state index >= 15 is 0 Å². The molecule has 0 aromatic rings. The molecule has 0 saturated carbocycles. The van der Waals surface area contributed by atoms with Crippen LogP contribution in [0.2, 0.25) is 0 Å². The van der Waals surface area contributed by atoms with Crippen molar-refractivity contribution in [2.75, 3.05) is 39.8 Å². The monoisotopic (exact) mass is 379 g/mol. The lowest BCUT2D eigenvalue weighted by Crippen LogP contribution is -2.46. The Morgan fingerprint density at radius 3 is 2.48 bits per heavy atom. The molecule has 1 unspecified atom stereocenters. The molecule has 0 bridgehead atoms. The Hall–Kier alpha value is -1.79. The Kier molecular flexibility index (Phi) is 8.88. The number of carbonyl (C=O) groups is 2. The van der Waals surface area contributed by atoms with Crippen molar-refractivity contribution in [3.8, 4) is 0 Å². The Bertz CT molecular complexity index is 515. The third kappa shape index (κ3) is 6.70. The summed E-state index contributed by atoms with van der Waals surface area (Å²) in [5.74, 6) is 1.70. The number of rotatable bonds is 6. The molecule has 2 rings (SSSR count). The molecule has 27 heavy (non-hydrogen) atoms. The van der Waals surface area contributed by atoms with Crippen LogP contribution in [0.4, 0.5) is 0 Å². The third-order valence-electron chi connectivity index (χ3n) is 5.71. The van der Waals surface area contributed by atoms with Crippen molar-refractivity contribution in [1.29, 1.82) is 0 Å². The lowest BCUT2D eigenvalue weighted by Gasteiger charge is -2.34. The van der Waals surface area contributed by atoms with Gasteiger partial charge in [-0.15, -0.1) is 0 Å². The quantitative estimate of drug-likeness (QED) is 0.543. The Morgan fingerprint density at radius 2 is 1.85 bits per heavy atom. The fourth-order valence-corrected chi connectivity index (χ4v) is 4.01. The van der Waals surface area contributed by atoms with E-state index in [1.165, 1.54) is 6.42 Å². The van der Waals surface area contributed by atoms with Gasteiger partial charge in [0.05, 0.1) is 6.54 Å². The molecule has 2 amide bonds. The van der Waals surface area contributed by atoms with E-state index in [1.54, 1.807) is 7.05 Å². The van der Waals surface area contributed by atoms with Gasteiger partial charge < -0.3 is 20.4 Å². The van der Waals surface area contributed by atoms with E-state index in [1.807, 2.05) is 4.90 Å². The average Bonchev–Trinajstić information content (AvgIpc) is 2.68. The van der Waals surface area contributed by atoms with Gasteiger partial charge in [0, 0.05) is 52.1 Å². The maximum atomic E-state index is 12.5. The molecule has 1 atom stereocenters. The number of amides is 2. The largest absolute Gasteiger partial charge is 0.359 e. The highest BCUT2D eigenvalue weighted by Crippen LogP contribution is 2.21. The molecular formula is C20H37N5O2. The molecule has 0 aromatic heterocycles. The fraction of sp³-hybridized carbons (Fsp3) is 0.850. The standard InChI is InChI=1S/C20H37N5O2/c1-4-22-20(24-13-9-17(10-14-24)15-18(26)21-3)23-11-8-19(27)25-12-6-5-7-16(25)2/h16-17H,4-15H2,1-3H3,(H,21,26)(H,22,23). The first-order chi connectivity index (χ1) is 13.0. The van der Waals surface area contributed by atoms with E-state index in [-0.39, 0.29) is 11.8 Å². The minimum atomic E-state index is 0.125. The van der Waals surface area contributed by atoms with Crippen molar-refractivity contribution in [3.05, 3.63) is 0 Å². The number of aliphatic imine (C=N–C) groups is 1. The summed E-state index contributed by atoms with van der Waals surface area (Å²) in [4.78, 5) is 33.0. The molecular weight excluding hydrogens is 342 g/mol. The van der Waals surface area contributed by atoms with Gasteiger partial charge >= 0.3 is 0 Å². The molecule has 2 heterocycles. The number of likely N-dealkylation sites (tertiary alicyclic amines) is 2. The van der Waals surface area contributed by atoms with Crippen LogP contribution < -0.4 is 10.6 Å². The van der Waals surface area contributed by atoms with Gasteiger partial charge in [-0.1, -0.05) is 0 Å². The number of nitrogens with one attached hydrogen (secondary N) is 2. The summed E-state index contributed by atoms with van der Waals surface area (Å²) < 4.78 is 0. The summed E-state index contributed by atoms with van der Waals surface area (Å²) in [7, 11) is 1.69. The molecule has 0 radical (unpaired) electrons. The van der Waals surface area contributed by atoms with Crippen LogP contribution in [0.15, 0.2) is 4.99 Å². The fourth-order valence-electron chi connectivity index (χ4n) is 4.01. The number of hydrogen-bond donors (Lipinski definition) is 2. The molecule has 2 saturated heterocycles. The average molecular weight is 380 g/mol. The van der Waals surface area contributed by atoms with Gasteiger partial charge in [0.2, 0.25) is 11.8 Å². The zero-order valence-electron chi connectivity index (χ0n) is 17.3. The second-order valence-electron chi connectivity index (χ2n) is 7.73. The molecule has 154 valence electrons. The summed E-state index contributed by atoms with van der Waals surface area (Å²) in [6.07, 6.45) is 6.55. The van der Waals surface area contributed by atoms with E-state index < -0.39 is 0 Å². The summed E-state index contributed by atoms with van der Waals surface area (Å²) in [6, 6.07) is 0.364. The summed E-state index contributed by atoms with van der Waals surface area (Å²) >= 11 is 0. The van der Waals surface area contributed by atoms with Gasteiger partial charge in [-0.05, 0) is 51.9 Å². The van der Waals surface area contributed by atoms with Crippen LogP contribution in [0.25, 0.3) is 0 Å². The predicted octanol–water partition coefficient (Wildman–Crippen LogP) is 1.59. The lowest BCUT2D eigenvalue weighted by atomic mass is 9.93. The Morgan fingerprint density at radius 1 is 1.11 bits per heavy atom. The Labute approximate surface area is 163 Å². The topological polar surface area (TPSA) is 77.0 Å². The van der Waals surface area contributed by atoms with E-state index in [0.29, 0.717) is 31.3 Å². The van der Waals surface area contributed by atoms with Crippen LogP contribution >= 0.6 is 0 Å². The van der Waals surface area contributed by atoms with E-state index in [9.17, 15) is 9.59 Å². The van der Waals surface area contributed by atoms with Crippen molar-refractivity contribution < 1.29 is 9.59 Å². The normalized spacial score (nSPS) is 21.9. The van der Waals surface area contributed by atoms with Gasteiger partial charge in [0.1, 0.15) is 0 Å². The number of guanidine groups is 1. The highest BCUT2D eigenvalue weighted by molar-refractivity contribution is 5.81. The van der Waals surface area contributed by atoms with Gasteiger partial charge in [0.25, 0.3) is 0 Å². The van der Waals surface area contributed by atoms with Gasteiger partial charge in [0.15, 0.2) is 5.96 Å². The van der Waals surface area contributed by atoms with Crippen molar-refractivity contribution >= 4 is 17.8 Å². The number of nitrogens with zero attached hydrogens (tertiary/aromatic N) is 3. The maximum absolute atomic E-state index is 12.5. The Balaban J connectivity index is 1.82. The van der Waals surface area contributed by atoms with Crippen LogP contribution in [-0.4, -0.2) is 73.4 Å². The first-order valence-corrected chi connectivity index (χ1v) is 10.6. The zero-order valence-corrected chi connectivity index (χ0v) is 17.3. The van der Waals surface area contributed by atoms with E-state index in [0.717, 1.165) is 57.8 Å². The maximum Gasteiger partial charge on any atom is 0.224 e. The van der Waals surface area contributed by atoms with Crippen LogP contribution in [0, 0.1) is 5.92 Å². The number of carbonyl (C=O) groups excluding carboxylic acids is 2. The zero-order chi connectivity index (χ0) is 19.6. The first kappa shape index (κ1) is 21.5. The number of piperidine rings is 2. The first-order valence-electron chi connectivity index (χ1n) is 10.6. The third-order valence-corrected chi connectivity index (χ3v) is 5.71. The highest BCUT2D eigenvalue weighted by Gasteiger charge is 2.24. The van der Waals surface area contributed by atoms with Crippen molar-refractivity contribution in [2.24, 2.45) is 10.9 Å². The lowest BCUT2D eigenvalue weighted by molar-refractivity contribution is -0.134. The second-order valence-corrected chi connectivity index (χ2v) is 7.73. The minimum absolute atomic E-state index is 0.125. The summed E-state index contributed by atoms with van der Waals surface area (Å²) in [5, 5.41) is 6.06. The van der Waals surface area contributed by atoms with Crippen molar-refractivity contribution in [1.82, 2.24) is 20.4 Å². The van der Waals surface area contributed by atoms with Gasteiger partial charge in [-0.2, -0.15) is 0 Å². The minimum Gasteiger partial charge on any atom is -0.359 e. The van der Waals surface area contributed by atoms with Crippen LogP contribution in [0.3, 0.4) is 0 Å². The predicted molar refractivity (Wildman–Crippen MR) is 109 cm³/mol. The van der Waals surface area contributed by atoms with Gasteiger partial charge in [-0.3, -0.25) is 14.6 Å². The number of hydrogen-bond acceptors (Lipinski definition) is 3. The molecule has 7 nitrogen and oxygen atoms in total.